The molecule has 4 nitrogen and oxygen atoms in total. The molecule has 3 aliphatic rings. The monoisotopic (exact) mass is 406 g/mol. The van der Waals surface area contributed by atoms with E-state index in [9.17, 15) is 0 Å². The summed E-state index contributed by atoms with van der Waals surface area (Å²) in [4.78, 5) is 0. The van der Waals surface area contributed by atoms with Crippen molar-refractivity contribution in [1.82, 2.24) is 0 Å². The molecule has 158 valence electrons. The van der Waals surface area contributed by atoms with Crippen LogP contribution in [0.2, 0.25) is 0 Å². The lowest BCUT2D eigenvalue weighted by Gasteiger charge is -2.23. The van der Waals surface area contributed by atoms with Gasteiger partial charge in [-0.1, -0.05) is 30.3 Å². The molecule has 5 unspecified atom stereocenters. The number of hydrogen-bond acceptors (Lipinski definition) is 4. The van der Waals surface area contributed by atoms with Crippen molar-refractivity contribution in [1.29, 1.82) is 0 Å². The van der Waals surface area contributed by atoms with E-state index in [-0.39, 0.29) is 24.4 Å². The molecule has 0 radical (unpaired) electrons. The summed E-state index contributed by atoms with van der Waals surface area (Å²) in [7, 11) is 0. The predicted molar refractivity (Wildman–Crippen MR) is 117 cm³/mol. The standard InChI is InChI=1S/C26H30O4/c1-17(25-15-27-25)29-23-11-7-21(8-12-23)19-3-5-20(6-4-19)22-9-13-24(14-10-22)30-18(2)26-16-28-26/h3,7-14,17-18,20,25-26H,4-6,15-16H2,1-2H3. The maximum Gasteiger partial charge on any atom is 0.124 e. The molecular formula is C26H30O4. The minimum absolute atomic E-state index is 0.118. The lowest BCUT2D eigenvalue weighted by atomic mass is 9.83. The third-order valence-corrected chi connectivity index (χ3v) is 6.40. The fraction of sp³-hybridized carbons (Fsp3) is 0.462. The molecule has 5 atom stereocenters. The highest BCUT2D eigenvalue weighted by Crippen LogP contribution is 2.37. The van der Waals surface area contributed by atoms with Crippen LogP contribution in [-0.4, -0.2) is 37.6 Å². The second-order valence-electron chi connectivity index (χ2n) is 8.68. The second-order valence-corrected chi connectivity index (χ2v) is 8.68. The summed E-state index contributed by atoms with van der Waals surface area (Å²) in [5, 5.41) is 0. The molecule has 0 bridgehead atoms. The number of allylic oxidation sites excluding steroid dienone is 2. The van der Waals surface area contributed by atoms with Crippen molar-refractivity contribution in [3.63, 3.8) is 0 Å². The van der Waals surface area contributed by atoms with Crippen LogP contribution in [-0.2, 0) is 9.47 Å². The summed E-state index contributed by atoms with van der Waals surface area (Å²) < 4.78 is 22.5. The first-order valence-electron chi connectivity index (χ1n) is 11.1. The highest BCUT2D eigenvalue weighted by molar-refractivity contribution is 5.67. The first-order valence-corrected chi connectivity index (χ1v) is 11.1. The molecule has 0 aromatic heterocycles. The molecule has 2 fully saturated rings. The van der Waals surface area contributed by atoms with Gasteiger partial charge in [0.1, 0.15) is 35.9 Å². The maximum absolute atomic E-state index is 5.95. The molecule has 1 aliphatic carbocycles. The summed E-state index contributed by atoms with van der Waals surface area (Å²) in [6.07, 6.45) is 6.53. The smallest absolute Gasteiger partial charge is 0.124 e. The predicted octanol–water partition coefficient (Wildman–Crippen LogP) is 5.37. The minimum atomic E-state index is 0.118. The summed E-state index contributed by atoms with van der Waals surface area (Å²) in [5.41, 5.74) is 4.14. The van der Waals surface area contributed by atoms with Crippen molar-refractivity contribution >= 4 is 5.57 Å². The van der Waals surface area contributed by atoms with Gasteiger partial charge in [-0.2, -0.15) is 0 Å². The van der Waals surface area contributed by atoms with Gasteiger partial charge in [0.15, 0.2) is 0 Å². The Morgan fingerprint density at radius 3 is 1.80 bits per heavy atom. The highest BCUT2D eigenvalue weighted by atomic mass is 16.6. The number of rotatable bonds is 8. The topological polar surface area (TPSA) is 43.5 Å². The van der Waals surface area contributed by atoms with Crippen molar-refractivity contribution < 1.29 is 18.9 Å². The normalized spacial score (nSPS) is 27.0. The molecule has 2 saturated heterocycles. The molecule has 0 N–H and O–H groups in total. The summed E-state index contributed by atoms with van der Waals surface area (Å²) in [6.45, 7) is 5.77. The molecule has 2 heterocycles. The average molecular weight is 407 g/mol. The summed E-state index contributed by atoms with van der Waals surface area (Å²) in [5.74, 6) is 2.42. The fourth-order valence-electron chi connectivity index (χ4n) is 4.20. The van der Waals surface area contributed by atoms with Gasteiger partial charge in [-0.05, 0) is 80.0 Å². The van der Waals surface area contributed by atoms with Crippen molar-refractivity contribution in [3.05, 3.63) is 65.7 Å². The van der Waals surface area contributed by atoms with E-state index < -0.39 is 0 Å². The van der Waals surface area contributed by atoms with E-state index in [0.717, 1.165) is 37.6 Å². The molecule has 0 spiro atoms. The van der Waals surface area contributed by atoms with E-state index in [0.29, 0.717) is 5.92 Å². The lowest BCUT2D eigenvalue weighted by Crippen LogP contribution is -2.18. The Bertz CT molecular complexity index is 878. The number of hydrogen-bond donors (Lipinski definition) is 0. The van der Waals surface area contributed by atoms with E-state index in [1.54, 1.807) is 0 Å². The third-order valence-electron chi connectivity index (χ3n) is 6.40. The zero-order valence-corrected chi connectivity index (χ0v) is 17.8. The van der Waals surface area contributed by atoms with Crippen molar-refractivity contribution in [3.8, 4) is 11.5 Å². The number of ether oxygens (including phenoxy) is 4. The van der Waals surface area contributed by atoms with E-state index in [1.807, 2.05) is 0 Å². The van der Waals surface area contributed by atoms with Crippen LogP contribution < -0.4 is 9.47 Å². The summed E-state index contributed by atoms with van der Waals surface area (Å²) >= 11 is 0. The van der Waals surface area contributed by atoms with Crippen molar-refractivity contribution in [2.24, 2.45) is 0 Å². The lowest BCUT2D eigenvalue weighted by molar-refractivity contribution is 0.176. The van der Waals surface area contributed by atoms with Gasteiger partial charge in [0.25, 0.3) is 0 Å². The van der Waals surface area contributed by atoms with Crippen LogP contribution >= 0.6 is 0 Å². The van der Waals surface area contributed by atoms with Gasteiger partial charge in [0.2, 0.25) is 0 Å². The Morgan fingerprint density at radius 2 is 1.33 bits per heavy atom. The van der Waals surface area contributed by atoms with E-state index in [1.165, 1.54) is 23.1 Å². The Balaban J connectivity index is 1.17. The maximum atomic E-state index is 5.95. The van der Waals surface area contributed by atoms with Crippen LogP contribution in [0.5, 0.6) is 11.5 Å². The van der Waals surface area contributed by atoms with E-state index in [2.05, 4.69) is 68.5 Å². The van der Waals surface area contributed by atoms with Gasteiger partial charge in [-0.25, -0.2) is 0 Å². The minimum Gasteiger partial charge on any atom is -0.488 e. The molecule has 4 heteroatoms. The molecule has 5 rings (SSSR count). The van der Waals surface area contributed by atoms with Crippen LogP contribution in [0.3, 0.4) is 0 Å². The van der Waals surface area contributed by atoms with Crippen LogP contribution in [0.25, 0.3) is 5.57 Å². The quantitative estimate of drug-likeness (QED) is 0.553. The van der Waals surface area contributed by atoms with E-state index >= 15 is 0 Å². The van der Waals surface area contributed by atoms with Crippen LogP contribution in [0.15, 0.2) is 54.6 Å². The van der Waals surface area contributed by atoms with Crippen LogP contribution in [0.4, 0.5) is 0 Å². The van der Waals surface area contributed by atoms with Gasteiger partial charge in [0, 0.05) is 0 Å². The number of epoxide rings is 2. The zero-order chi connectivity index (χ0) is 20.5. The molecule has 2 aromatic rings. The third kappa shape index (κ3) is 4.71. The average Bonchev–Trinajstić information content (AvgIpc) is 3.67. The van der Waals surface area contributed by atoms with E-state index in [4.69, 9.17) is 18.9 Å². The Hall–Kier alpha value is -2.30. The SMILES string of the molecule is CC(Oc1ccc(C2=CCC(c3ccc(OC(C)C4CO4)cc3)CC2)cc1)C1CO1. The number of benzene rings is 2. The molecular weight excluding hydrogens is 376 g/mol. The van der Waals surface area contributed by atoms with Gasteiger partial charge >= 0.3 is 0 Å². The molecule has 0 amide bonds. The summed E-state index contributed by atoms with van der Waals surface area (Å²) in [6, 6.07) is 17.1. The zero-order valence-electron chi connectivity index (χ0n) is 17.8. The van der Waals surface area contributed by atoms with Gasteiger partial charge in [0.05, 0.1) is 13.2 Å². The van der Waals surface area contributed by atoms with Gasteiger partial charge < -0.3 is 18.9 Å². The first kappa shape index (κ1) is 19.7. The molecule has 2 aliphatic heterocycles. The highest BCUT2D eigenvalue weighted by Gasteiger charge is 2.31. The Kier molecular flexibility index (Phi) is 5.53. The van der Waals surface area contributed by atoms with Crippen LogP contribution in [0, 0.1) is 0 Å². The van der Waals surface area contributed by atoms with Crippen molar-refractivity contribution in [2.45, 2.75) is 63.4 Å². The van der Waals surface area contributed by atoms with Gasteiger partial charge in [-0.3, -0.25) is 0 Å². The fourth-order valence-corrected chi connectivity index (χ4v) is 4.20. The largest absolute Gasteiger partial charge is 0.488 e. The molecule has 0 saturated carbocycles. The Morgan fingerprint density at radius 1 is 0.800 bits per heavy atom. The van der Waals surface area contributed by atoms with Crippen LogP contribution in [0.1, 0.15) is 50.2 Å². The second kappa shape index (κ2) is 8.44. The first-order chi connectivity index (χ1) is 14.7. The molecule has 2 aromatic carbocycles. The van der Waals surface area contributed by atoms with Crippen molar-refractivity contribution in [2.75, 3.05) is 13.2 Å². The molecule has 30 heavy (non-hydrogen) atoms. The van der Waals surface area contributed by atoms with Gasteiger partial charge in [-0.15, -0.1) is 0 Å². The Labute approximate surface area is 178 Å².